The van der Waals surface area contributed by atoms with Crippen LogP contribution in [-0.2, 0) is 20.4 Å². The molecule has 4 aromatic carbocycles. The van der Waals surface area contributed by atoms with Crippen molar-refractivity contribution in [3.05, 3.63) is 108 Å². The third-order valence-corrected chi connectivity index (χ3v) is 9.08. The Balaban J connectivity index is 1.23. The number of hydrazone groups is 1. The number of carbonyl (C=O) groups is 2. The fourth-order valence-corrected chi connectivity index (χ4v) is 6.21. The molecule has 1 aromatic heterocycles. The van der Waals surface area contributed by atoms with Gasteiger partial charge in [-0.05, 0) is 95.2 Å². The van der Waals surface area contributed by atoms with Crippen LogP contribution in [0.3, 0.4) is 0 Å². The molecule has 0 saturated heterocycles. The monoisotopic (exact) mass is 676 g/mol. The van der Waals surface area contributed by atoms with Gasteiger partial charge in [0, 0.05) is 0 Å². The second-order valence-electron chi connectivity index (χ2n) is 13.9. The maximum Gasteiger partial charge on any atom is 0.268 e. The number of ether oxygens (including phenoxy) is 2. The van der Waals surface area contributed by atoms with E-state index in [9.17, 15) is 9.59 Å². The first kappa shape index (κ1) is 33.8. The molecule has 0 saturated carbocycles. The molecule has 0 fully saturated rings. The molecule has 2 amide bonds. The molecule has 252 valence electrons. The molecule has 0 spiro atoms. The van der Waals surface area contributed by atoms with Crippen LogP contribution in [0, 0.1) is 0 Å². The first-order chi connectivity index (χ1) is 23.3. The van der Waals surface area contributed by atoms with Gasteiger partial charge in [-0.25, -0.2) is 4.98 Å². The van der Waals surface area contributed by atoms with Crippen LogP contribution in [0.1, 0.15) is 59.6 Å². The number of nitrogens with one attached hydrogen (secondary N) is 1. The van der Waals surface area contributed by atoms with E-state index in [1.54, 1.807) is 31.2 Å². The number of carbonyl (C=O) groups excluding carboxylic acids is 2. The number of amidine groups is 1. The van der Waals surface area contributed by atoms with Crippen molar-refractivity contribution in [3.8, 4) is 17.2 Å². The summed E-state index contributed by atoms with van der Waals surface area (Å²) in [6.07, 6.45) is -0.876. The average molecular weight is 677 g/mol. The van der Waals surface area contributed by atoms with E-state index in [-0.39, 0.29) is 27.8 Å². The lowest BCUT2D eigenvalue weighted by molar-refractivity contribution is -0.125. The van der Waals surface area contributed by atoms with Crippen LogP contribution < -0.4 is 19.8 Å². The predicted octanol–water partition coefficient (Wildman–Crippen LogP) is 8.62. The number of para-hydroxylation sites is 3. The van der Waals surface area contributed by atoms with Gasteiger partial charge < -0.3 is 19.2 Å². The Labute approximate surface area is 290 Å². The fraction of sp³-hybridized carbons (Fsp3) is 0.282. The Kier molecular flexibility index (Phi) is 9.26. The Morgan fingerprint density at radius 2 is 1.49 bits per heavy atom. The van der Waals surface area contributed by atoms with E-state index < -0.39 is 17.3 Å². The van der Waals surface area contributed by atoms with E-state index >= 15 is 0 Å². The lowest BCUT2D eigenvalue weighted by Gasteiger charge is -2.24. The topological polar surface area (TPSA) is 106 Å². The third-order valence-electron chi connectivity index (χ3n) is 8.04. The van der Waals surface area contributed by atoms with Gasteiger partial charge in [-0.2, -0.15) is 5.01 Å². The molecule has 10 heteroatoms. The molecule has 0 radical (unpaired) electrons. The predicted molar refractivity (Wildman–Crippen MR) is 194 cm³/mol. The van der Waals surface area contributed by atoms with Crippen LogP contribution in [0.25, 0.3) is 11.1 Å². The van der Waals surface area contributed by atoms with Crippen LogP contribution in [-0.4, -0.2) is 34.0 Å². The van der Waals surface area contributed by atoms with Crippen molar-refractivity contribution < 1.29 is 23.5 Å². The van der Waals surface area contributed by atoms with Gasteiger partial charge in [-0.3, -0.25) is 9.59 Å². The van der Waals surface area contributed by atoms with E-state index in [4.69, 9.17) is 13.9 Å². The van der Waals surface area contributed by atoms with E-state index in [1.165, 1.54) is 10.6 Å². The van der Waals surface area contributed by atoms with Gasteiger partial charge >= 0.3 is 0 Å². The minimum Gasteiger partial charge on any atom is -0.481 e. The molecule has 5 aromatic rings. The summed E-state index contributed by atoms with van der Waals surface area (Å²) in [5.74, 6) is 1.28. The number of rotatable bonds is 8. The van der Waals surface area contributed by atoms with Gasteiger partial charge in [-0.1, -0.05) is 84.0 Å². The molecule has 0 bridgehead atoms. The zero-order valence-electron chi connectivity index (χ0n) is 28.7. The lowest BCUT2D eigenvalue weighted by Crippen LogP contribution is -2.44. The van der Waals surface area contributed by atoms with Gasteiger partial charge in [0.2, 0.25) is 0 Å². The molecule has 1 aliphatic rings. The van der Waals surface area contributed by atoms with E-state index in [0.717, 1.165) is 17.3 Å². The van der Waals surface area contributed by atoms with Crippen LogP contribution in [0.5, 0.6) is 17.2 Å². The number of thioether (sulfide) groups is 1. The van der Waals surface area contributed by atoms with Crippen LogP contribution >= 0.6 is 11.8 Å². The molecule has 49 heavy (non-hydrogen) atoms. The highest BCUT2D eigenvalue weighted by Gasteiger charge is 2.40. The largest absolute Gasteiger partial charge is 0.481 e. The second-order valence-corrected chi connectivity index (χ2v) is 15.0. The van der Waals surface area contributed by atoms with Crippen molar-refractivity contribution in [2.75, 3.05) is 5.01 Å². The number of benzene rings is 4. The molecule has 1 N–H and O–H groups in total. The van der Waals surface area contributed by atoms with Crippen molar-refractivity contribution in [1.82, 2.24) is 10.3 Å². The minimum absolute atomic E-state index is 0.0423. The summed E-state index contributed by atoms with van der Waals surface area (Å²) in [5, 5.41) is 8.08. The summed E-state index contributed by atoms with van der Waals surface area (Å²) >= 11 is 1.08. The summed E-state index contributed by atoms with van der Waals surface area (Å²) in [6.45, 7) is 14.4. The molecular weight excluding hydrogens is 637 g/mol. The quantitative estimate of drug-likeness (QED) is 0.175. The zero-order valence-corrected chi connectivity index (χ0v) is 29.5. The number of nitrogens with zero attached hydrogens (tertiary/aromatic N) is 3. The summed E-state index contributed by atoms with van der Waals surface area (Å²) in [7, 11) is 0. The van der Waals surface area contributed by atoms with Crippen molar-refractivity contribution >= 4 is 46.2 Å². The normalized spacial score (nSPS) is 15.7. The maximum absolute atomic E-state index is 13.9. The van der Waals surface area contributed by atoms with Gasteiger partial charge in [0.15, 0.2) is 22.8 Å². The van der Waals surface area contributed by atoms with Crippen molar-refractivity contribution in [1.29, 1.82) is 0 Å². The fourth-order valence-electron chi connectivity index (χ4n) is 5.30. The van der Waals surface area contributed by atoms with Gasteiger partial charge in [-0.15, -0.1) is 5.10 Å². The number of oxazole rings is 1. The van der Waals surface area contributed by atoms with E-state index in [1.807, 2.05) is 60.7 Å². The molecular formula is C39H40N4O5S. The van der Waals surface area contributed by atoms with Crippen molar-refractivity contribution in [2.45, 2.75) is 75.9 Å². The standard InChI is InChI=1S/C39H40N4O5S/c1-24(46-31-14-10-8-12-29(31)39(5,6)7)35(44)41-34-33(49-37-40-30-13-9-11-15-32(30)48-37)36(45)43(42-34)26-18-22-28(23-19-26)47-27-20-16-25(17-21-27)38(2,3)4/h8-24,33H,1-7H3,(H,41,42,44). The SMILES string of the molecule is CC(Oc1ccccc1C(C)(C)C)C(=O)NC1=NN(c2ccc(Oc3ccc(C(C)(C)C)cc3)cc2)C(=O)C1Sc1nc2ccccc2o1. The van der Waals surface area contributed by atoms with Crippen LogP contribution in [0.15, 0.2) is 112 Å². The maximum atomic E-state index is 13.9. The molecule has 0 aliphatic carbocycles. The summed E-state index contributed by atoms with van der Waals surface area (Å²) in [6, 6.07) is 30.1. The Bertz CT molecular complexity index is 1970. The Hall–Kier alpha value is -5.09. The number of anilines is 1. The van der Waals surface area contributed by atoms with E-state index in [0.29, 0.717) is 34.0 Å². The van der Waals surface area contributed by atoms with Gasteiger partial charge in [0.25, 0.3) is 17.0 Å². The number of hydrogen-bond acceptors (Lipinski definition) is 8. The number of fused-ring (bicyclic) bond motifs is 1. The third kappa shape index (κ3) is 7.65. The van der Waals surface area contributed by atoms with E-state index in [2.05, 4.69) is 69.1 Å². The second kappa shape index (κ2) is 13.4. The molecule has 1 aliphatic heterocycles. The van der Waals surface area contributed by atoms with Crippen molar-refractivity contribution in [2.24, 2.45) is 5.10 Å². The first-order valence-corrected chi connectivity index (χ1v) is 17.0. The van der Waals surface area contributed by atoms with Crippen LogP contribution in [0.4, 0.5) is 5.69 Å². The highest BCUT2D eigenvalue weighted by atomic mass is 32.2. The van der Waals surface area contributed by atoms with Crippen molar-refractivity contribution in [3.63, 3.8) is 0 Å². The Morgan fingerprint density at radius 1 is 0.857 bits per heavy atom. The molecule has 2 atom stereocenters. The molecule has 2 unspecified atom stereocenters. The Morgan fingerprint density at radius 3 is 2.14 bits per heavy atom. The van der Waals surface area contributed by atoms with Gasteiger partial charge in [0.05, 0.1) is 5.69 Å². The van der Waals surface area contributed by atoms with Gasteiger partial charge in [0.1, 0.15) is 22.8 Å². The zero-order chi connectivity index (χ0) is 34.9. The first-order valence-electron chi connectivity index (χ1n) is 16.2. The molecule has 6 rings (SSSR count). The smallest absolute Gasteiger partial charge is 0.268 e. The number of aromatic nitrogens is 1. The minimum atomic E-state index is -0.927. The lowest BCUT2D eigenvalue weighted by atomic mass is 9.86. The summed E-state index contributed by atoms with van der Waals surface area (Å²) in [4.78, 5) is 32.0. The average Bonchev–Trinajstić information content (AvgIpc) is 3.61. The van der Waals surface area contributed by atoms with Crippen LogP contribution in [0.2, 0.25) is 0 Å². The number of amides is 2. The number of hydrogen-bond donors (Lipinski definition) is 1. The molecule has 9 nitrogen and oxygen atoms in total. The summed E-state index contributed by atoms with van der Waals surface area (Å²) in [5.41, 5.74) is 3.82. The highest BCUT2D eigenvalue weighted by Crippen LogP contribution is 2.35. The summed E-state index contributed by atoms with van der Waals surface area (Å²) < 4.78 is 18.1. The highest BCUT2D eigenvalue weighted by molar-refractivity contribution is 8.01. The molecule has 2 heterocycles.